The van der Waals surface area contributed by atoms with E-state index in [-0.39, 0.29) is 11.8 Å². The van der Waals surface area contributed by atoms with E-state index in [0.29, 0.717) is 43.7 Å². The number of aryl methyl sites for hydroxylation is 1. The van der Waals surface area contributed by atoms with Gasteiger partial charge in [-0.15, -0.1) is 0 Å². The number of ether oxygens (including phenoxy) is 1. The van der Waals surface area contributed by atoms with Crippen molar-refractivity contribution in [2.75, 3.05) is 33.3 Å². The van der Waals surface area contributed by atoms with Crippen LogP contribution >= 0.6 is 0 Å². The first-order valence-electron chi connectivity index (χ1n) is 10.3. The average Bonchev–Trinajstić information content (AvgIpc) is 3.26. The highest BCUT2D eigenvalue weighted by atomic mass is 19.1. The summed E-state index contributed by atoms with van der Waals surface area (Å²) in [4.78, 5) is 21.0. The van der Waals surface area contributed by atoms with E-state index in [1.54, 1.807) is 6.92 Å². The monoisotopic (exact) mass is 435 g/mol. The molecular formula is C22H22FN7O2. The number of hydrogen-bond acceptors (Lipinski definition) is 9. The van der Waals surface area contributed by atoms with Gasteiger partial charge in [0.2, 0.25) is 17.7 Å². The van der Waals surface area contributed by atoms with Gasteiger partial charge in [-0.2, -0.15) is 4.98 Å². The van der Waals surface area contributed by atoms with Crippen LogP contribution in [0.25, 0.3) is 17.1 Å². The minimum absolute atomic E-state index is 0.119. The summed E-state index contributed by atoms with van der Waals surface area (Å²) < 4.78 is 25.3. The first-order chi connectivity index (χ1) is 15.6. The average molecular weight is 435 g/mol. The Morgan fingerprint density at radius 2 is 2.03 bits per heavy atom. The minimum atomic E-state index is -0.483. The molecule has 0 saturated carbocycles. The van der Waals surface area contributed by atoms with Crippen LogP contribution in [-0.4, -0.2) is 69.2 Å². The number of aliphatic imine (C=N–C) groups is 1. The Labute approximate surface area is 184 Å². The molecule has 1 fully saturated rings. The maximum Gasteiger partial charge on any atom is 0.223 e. The van der Waals surface area contributed by atoms with E-state index in [4.69, 9.17) is 14.3 Å². The number of morpholine rings is 1. The molecule has 4 heterocycles. The van der Waals surface area contributed by atoms with Gasteiger partial charge in [0, 0.05) is 32.6 Å². The first kappa shape index (κ1) is 20.3. The molecule has 3 aromatic rings. The van der Waals surface area contributed by atoms with Crippen molar-refractivity contribution in [3.05, 3.63) is 65.8 Å². The number of halogens is 1. The van der Waals surface area contributed by atoms with Crippen LogP contribution in [0.3, 0.4) is 0 Å². The molecule has 0 radical (unpaired) electrons. The van der Waals surface area contributed by atoms with Gasteiger partial charge in [0.25, 0.3) is 0 Å². The standard InChI is InChI=1S/C22H22FN7O2/c1-14-26-21(28-32-14)16-5-3-15(4-6-16)19-12-30(9-10-31-19)22-27-18(7-8-29(22)2)20-17(23)11-24-13-25-20/h3-7,11,13,19H,8-10,12H2,1-2H3/t19-/m1/s1. The van der Waals surface area contributed by atoms with E-state index in [1.165, 1.54) is 6.33 Å². The molecule has 32 heavy (non-hydrogen) atoms. The van der Waals surface area contributed by atoms with E-state index < -0.39 is 5.82 Å². The molecule has 10 heteroatoms. The fraction of sp³-hybridized carbons (Fsp3) is 0.318. The molecule has 0 aliphatic carbocycles. The second-order valence-corrected chi connectivity index (χ2v) is 7.67. The van der Waals surface area contributed by atoms with Crippen LogP contribution in [0.5, 0.6) is 0 Å². The van der Waals surface area contributed by atoms with Gasteiger partial charge in [0.15, 0.2) is 5.82 Å². The number of guanidine groups is 1. The number of rotatable bonds is 3. The number of hydrogen-bond donors (Lipinski definition) is 0. The van der Waals surface area contributed by atoms with Gasteiger partial charge in [-0.25, -0.2) is 19.4 Å². The number of aromatic nitrogens is 4. The molecule has 0 spiro atoms. The van der Waals surface area contributed by atoms with Gasteiger partial charge in [0.1, 0.15) is 18.1 Å². The lowest BCUT2D eigenvalue weighted by molar-refractivity contribution is -0.0100. The first-order valence-corrected chi connectivity index (χ1v) is 10.3. The molecule has 164 valence electrons. The van der Waals surface area contributed by atoms with Crippen molar-refractivity contribution in [3.8, 4) is 11.4 Å². The predicted molar refractivity (Wildman–Crippen MR) is 115 cm³/mol. The molecular weight excluding hydrogens is 413 g/mol. The summed E-state index contributed by atoms with van der Waals surface area (Å²) in [5, 5.41) is 3.96. The molecule has 9 nitrogen and oxygen atoms in total. The van der Waals surface area contributed by atoms with E-state index in [1.807, 2.05) is 42.3 Å². The number of likely N-dealkylation sites (N-methyl/N-ethyl adjacent to an activating group) is 1. The van der Waals surface area contributed by atoms with Gasteiger partial charge < -0.3 is 19.1 Å². The van der Waals surface area contributed by atoms with Gasteiger partial charge >= 0.3 is 0 Å². The number of nitrogens with zero attached hydrogens (tertiary/aromatic N) is 7. The molecule has 0 amide bonds. The Hall–Kier alpha value is -3.66. The second-order valence-electron chi connectivity index (χ2n) is 7.67. The van der Waals surface area contributed by atoms with E-state index in [0.717, 1.165) is 23.3 Å². The Balaban J connectivity index is 1.35. The largest absolute Gasteiger partial charge is 0.370 e. The van der Waals surface area contributed by atoms with Crippen LogP contribution in [0.1, 0.15) is 23.3 Å². The SMILES string of the molecule is Cc1nc(-c2ccc([C@H]3CN(C4=NC(c5ncncc5F)=CCN4C)CCO3)cc2)no1. The number of benzene rings is 1. The van der Waals surface area contributed by atoms with Crippen LogP contribution in [0.15, 0.2) is 52.4 Å². The van der Waals surface area contributed by atoms with Crippen molar-refractivity contribution in [2.45, 2.75) is 13.0 Å². The zero-order valence-corrected chi connectivity index (χ0v) is 17.8. The quantitative estimate of drug-likeness (QED) is 0.620. The zero-order chi connectivity index (χ0) is 22.1. The van der Waals surface area contributed by atoms with Crippen molar-refractivity contribution in [2.24, 2.45) is 4.99 Å². The molecule has 1 atom stereocenters. The second kappa shape index (κ2) is 8.46. The van der Waals surface area contributed by atoms with Crippen LogP contribution in [0.4, 0.5) is 4.39 Å². The topological polar surface area (TPSA) is 92.8 Å². The summed E-state index contributed by atoms with van der Waals surface area (Å²) in [6.07, 6.45) is 4.23. The molecule has 0 unspecified atom stereocenters. The molecule has 2 aromatic heterocycles. The molecule has 5 rings (SSSR count). The molecule has 0 bridgehead atoms. The lowest BCUT2D eigenvalue weighted by Gasteiger charge is -2.39. The summed E-state index contributed by atoms with van der Waals surface area (Å²) in [6.45, 7) is 4.26. The summed E-state index contributed by atoms with van der Waals surface area (Å²) >= 11 is 0. The van der Waals surface area contributed by atoms with Crippen LogP contribution in [0, 0.1) is 12.7 Å². The maximum absolute atomic E-state index is 14.2. The molecule has 1 aromatic carbocycles. The van der Waals surface area contributed by atoms with Gasteiger partial charge in [0.05, 0.1) is 25.0 Å². The zero-order valence-electron chi connectivity index (χ0n) is 17.8. The third-order valence-electron chi connectivity index (χ3n) is 5.45. The Kier molecular flexibility index (Phi) is 5.36. The van der Waals surface area contributed by atoms with Gasteiger partial charge in [-0.3, -0.25) is 0 Å². The van der Waals surface area contributed by atoms with Gasteiger partial charge in [-0.1, -0.05) is 29.4 Å². The van der Waals surface area contributed by atoms with Crippen molar-refractivity contribution >= 4 is 11.7 Å². The highest BCUT2D eigenvalue weighted by Crippen LogP contribution is 2.27. The Morgan fingerprint density at radius 3 is 2.78 bits per heavy atom. The fourth-order valence-electron chi connectivity index (χ4n) is 3.80. The van der Waals surface area contributed by atoms with E-state index >= 15 is 0 Å². The Morgan fingerprint density at radius 1 is 1.19 bits per heavy atom. The normalized spacial score (nSPS) is 19.0. The van der Waals surface area contributed by atoms with Crippen LogP contribution in [-0.2, 0) is 4.74 Å². The maximum atomic E-state index is 14.2. The summed E-state index contributed by atoms with van der Waals surface area (Å²) in [5.41, 5.74) is 2.66. The van der Waals surface area contributed by atoms with Crippen molar-refractivity contribution in [1.29, 1.82) is 0 Å². The lowest BCUT2D eigenvalue weighted by Crippen LogP contribution is -2.49. The summed E-state index contributed by atoms with van der Waals surface area (Å²) in [5.74, 6) is 1.38. The lowest BCUT2D eigenvalue weighted by atomic mass is 10.1. The molecule has 2 aliphatic rings. The van der Waals surface area contributed by atoms with Crippen molar-refractivity contribution in [1.82, 2.24) is 29.9 Å². The third-order valence-corrected chi connectivity index (χ3v) is 5.45. The van der Waals surface area contributed by atoms with Crippen molar-refractivity contribution in [3.63, 3.8) is 0 Å². The summed E-state index contributed by atoms with van der Waals surface area (Å²) in [6, 6.07) is 7.96. The molecule has 2 aliphatic heterocycles. The van der Waals surface area contributed by atoms with E-state index in [2.05, 4.69) is 25.0 Å². The smallest absolute Gasteiger partial charge is 0.223 e. The van der Waals surface area contributed by atoms with Crippen LogP contribution in [0.2, 0.25) is 0 Å². The van der Waals surface area contributed by atoms with Crippen LogP contribution < -0.4 is 0 Å². The van der Waals surface area contributed by atoms with E-state index in [9.17, 15) is 4.39 Å². The van der Waals surface area contributed by atoms with Crippen molar-refractivity contribution < 1.29 is 13.7 Å². The Bertz CT molecular complexity index is 1180. The highest BCUT2D eigenvalue weighted by molar-refractivity contribution is 5.88. The molecule has 0 N–H and O–H groups in total. The summed E-state index contributed by atoms with van der Waals surface area (Å²) in [7, 11) is 1.97. The van der Waals surface area contributed by atoms with Gasteiger partial charge in [-0.05, 0) is 11.6 Å². The molecule has 1 saturated heterocycles. The predicted octanol–water partition coefficient (Wildman–Crippen LogP) is 2.69. The highest BCUT2D eigenvalue weighted by Gasteiger charge is 2.28. The third kappa shape index (κ3) is 3.96. The minimum Gasteiger partial charge on any atom is -0.370 e. The fourth-order valence-corrected chi connectivity index (χ4v) is 3.80.